The van der Waals surface area contributed by atoms with Gasteiger partial charge in [-0.15, -0.1) is 0 Å². The van der Waals surface area contributed by atoms with E-state index in [1.54, 1.807) is 0 Å². The molecule has 0 spiro atoms. The lowest BCUT2D eigenvalue weighted by atomic mass is 9.72. The number of hydrogen-bond donors (Lipinski definition) is 2. The van der Waals surface area contributed by atoms with E-state index in [-0.39, 0.29) is 11.5 Å². The quantitative estimate of drug-likeness (QED) is 0.874. The van der Waals surface area contributed by atoms with Crippen molar-refractivity contribution in [2.45, 2.75) is 33.7 Å². The van der Waals surface area contributed by atoms with Crippen LogP contribution in [0.3, 0.4) is 0 Å². The van der Waals surface area contributed by atoms with Crippen molar-refractivity contribution >= 4 is 0 Å². The molecule has 0 bridgehead atoms. The van der Waals surface area contributed by atoms with Gasteiger partial charge in [0.1, 0.15) is 0 Å². The van der Waals surface area contributed by atoms with Gasteiger partial charge in [0.25, 0.3) is 0 Å². The van der Waals surface area contributed by atoms with Gasteiger partial charge >= 0.3 is 0 Å². The first kappa shape index (κ1) is 14.5. The average Bonchev–Trinajstić information content (AvgIpc) is 2.34. The van der Waals surface area contributed by atoms with E-state index < -0.39 is 0 Å². The number of aryl methyl sites for hydroxylation is 2. The van der Waals surface area contributed by atoms with Crippen LogP contribution in [0.15, 0.2) is 6.07 Å². The fourth-order valence-electron chi connectivity index (χ4n) is 3.20. The first-order chi connectivity index (χ1) is 8.96. The van der Waals surface area contributed by atoms with E-state index in [0.29, 0.717) is 6.54 Å². The molecule has 0 saturated carbocycles. The molecule has 1 aliphatic rings. The zero-order chi connectivity index (χ0) is 14.2. The summed E-state index contributed by atoms with van der Waals surface area (Å²) < 4.78 is 5.45. The largest absolute Gasteiger partial charge is 0.380 e. The fraction of sp³-hybridized carbons (Fsp3) is 0.625. The van der Waals surface area contributed by atoms with Crippen LogP contribution >= 0.6 is 0 Å². The highest BCUT2D eigenvalue weighted by molar-refractivity contribution is 5.46. The standard InChI is InChI=1S/C16H26N2O/c1-10-6-11(2)13(4)14(12(10)3)15(18-5)16(7-17)8-19-9-16/h6,15,18H,7-9,17H2,1-5H3. The predicted octanol–water partition coefficient (Wildman–Crippen LogP) is 2.16. The van der Waals surface area contributed by atoms with Gasteiger partial charge in [0.2, 0.25) is 0 Å². The molecule has 0 amide bonds. The van der Waals surface area contributed by atoms with E-state index in [4.69, 9.17) is 10.5 Å². The van der Waals surface area contributed by atoms with Crippen LogP contribution < -0.4 is 11.1 Å². The Morgan fingerprint density at radius 1 is 1.21 bits per heavy atom. The average molecular weight is 262 g/mol. The minimum absolute atomic E-state index is 0.0461. The summed E-state index contributed by atoms with van der Waals surface area (Å²) in [6.07, 6.45) is 0. The van der Waals surface area contributed by atoms with Gasteiger partial charge in [-0.05, 0) is 62.6 Å². The molecule has 1 saturated heterocycles. The van der Waals surface area contributed by atoms with E-state index in [1.807, 2.05) is 7.05 Å². The van der Waals surface area contributed by atoms with Crippen LogP contribution in [0.5, 0.6) is 0 Å². The molecule has 106 valence electrons. The van der Waals surface area contributed by atoms with Crippen molar-refractivity contribution in [3.05, 3.63) is 33.9 Å². The Labute approximate surface area is 116 Å². The molecule has 19 heavy (non-hydrogen) atoms. The molecular weight excluding hydrogens is 236 g/mol. The van der Waals surface area contributed by atoms with Crippen molar-refractivity contribution in [3.63, 3.8) is 0 Å². The molecule has 1 aromatic carbocycles. The second kappa shape index (κ2) is 5.23. The molecule has 1 aromatic rings. The molecule has 1 unspecified atom stereocenters. The van der Waals surface area contributed by atoms with Gasteiger partial charge in [-0.3, -0.25) is 0 Å². The number of ether oxygens (including phenoxy) is 1. The van der Waals surface area contributed by atoms with Crippen LogP contribution in [0.4, 0.5) is 0 Å². The van der Waals surface area contributed by atoms with Crippen molar-refractivity contribution in [2.75, 3.05) is 26.8 Å². The maximum Gasteiger partial charge on any atom is 0.0575 e. The molecule has 0 aromatic heterocycles. The van der Waals surface area contributed by atoms with Crippen molar-refractivity contribution < 1.29 is 4.74 Å². The Morgan fingerprint density at radius 3 is 2.05 bits per heavy atom. The summed E-state index contributed by atoms with van der Waals surface area (Å²) in [5.74, 6) is 0. The SMILES string of the molecule is CNC(c1c(C)c(C)cc(C)c1C)C1(CN)COC1. The Bertz CT molecular complexity index is 446. The topological polar surface area (TPSA) is 47.3 Å². The minimum Gasteiger partial charge on any atom is -0.380 e. The van der Waals surface area contributed by atoms with Gasteiger partial charge in [0.15, 0.2) is 0 Å². The van der Waals surface area contributed by atoms with Gasteiger partial charge in [0, 0.05) is 18.0 Å². The Balaban J connectivity index is 2.55. The lowest BCUT2D eigenvalue weighted by Crippen LogP contribution is -2.56. The number of nitrogens with two attached hydrogens (primary N) is 1. The summed E-state index contributed by atoms with van der Waals surface area (Å²) in [7, 11) is 2.02. The Morgan fingerprint density at radius 2 is 1.74 bits per heavy atom. The first-order valence-electron chi connectivity index (χ1n) is 6.99. The third kappa shape index (κ3) is 2.20. The van der Waals surface area contributed by atoms with Crippen LogP contribution in [0.25, 0.3) is 0 Å². The van der Waals surface area contributed by atoms with Gasteiger partial charge < -0.3 is 15.8 Å². The number of benzene rings is 1. The highest BCUT2D eigenvalue weighted by Crippen LogP contribution is 2.42. The maximum atomic E-state index is 6.04. The summed E-state index contributed by atoms with van der Waals surface area (Å²) in [5.41, 5.74) is 13.0. The van der Waals surface area contributed by atoms with E-state index in [2.05, 4.69) is 39.1 Å². The van der Waals surface area contributed by atoms with Crippen LogP contribution in [-0.4, -0.2) is 26.8 Å². The second-order valence-corrected chi connectivity index (χ2v) is 5.96. The number of nitrogens with one attached hydrogen (secondary N) is 1. The normalized spacial score (nSPS) is 19.1. The monoisotopic (exact) mass is 262 g/mol. The maximum absolute atomic E-state index is 6.04. The minimum atomic E-state index is 0.0461. The third-order valence-corrected chi connectivity index (χ3v) is 4.80. The summed E-state index contributed by atoms with van der Waals surface area (Å²) >= 11 is 0. The third-order valence-electron chi connectivity index (χ3n) is 4.80. The van der Waals surface area contributed by atoms with Crippen LogP contribution in [0.1, 0.15) is 33.9 Å². The smallest absolute Gasteiger partial charge is 0.0575 e. The van der Waals surface area contributed by atoms with E-state index in [1.165, 1.54) is 27.8 Å². The Hall–Kier alpha value is -0.900. The van der Waals surface area contributed by atoms with Crippen molar-refractivity contribution in [3.8, 4) is 0 Å². The first-order valence-corrected chi connectivity index (χ1v) is 6.99. The molecule has 2 rings (SSSR count). The molecule has 1 atom stereocenters. The molecule has 1 fully saturated rings. The summed E-state index contributed by atoms with van der Waals surface area (Å²) in [6, 6.07) is 2.54. The Kier molecular flexibility index (Phi) is 4.00. The summed E-state index contributed by atoms with van der Waals surface area (Å²) in [5, 5.41) is 3.49. The summed E-state index contributed by atoms with van der Waals surface area (Å²) in [6.45, 7) is 11.0. The highest BCUT2D eigenvalue weighted by Gasteiger charge is 2.45. The molecule has 3 nitrogen and oxygen atoms in total. The van der Waals surface area contributed by atoms with Gasteiger partial charge in [-0.1, -0.05) is 6.07 Å². The van der Waals surface area contributed by atoms with Crippen molar-refractivity contribution in [1.82, 2.24) is 5.32 Å². The number of hydrogen-bond acceptors (Lipinski definition) is 3. The molecule has 3 heteroatoms. The molecule has 0 aliphatic carbocycles. The van der Waals surface area contributed by atoms with Crippen LogP contribution in [0, 0.1) is 33.1 Å². The molecule has 3 N–H and O–H groups in total. The van der Waals surface area contributed by atoms with Gasteiger partial charge in [-0.25, -0.2) is 0 Å². The molecule has 1 heterocycles. The zero-order valence-electron chi connectivity index (χ0n) is 12.8. The van der Waals surface area contributed by atoms with E-state index >= 15 is 0 Å². The number of rotatable bonds is 4. The lowest BCUT2D eigenvalue weighted by molar-refractivity contribution is -0.127. The van der Waals surface area contributed by atoms with Crippen molar-refractivity contribution in [1.29, 1.82) is 0 Å². The van der Waals surface area contributed by atoms with E-state index in [9.17, 15) is 0 Å². The summed E-state index contributed by atoms with van der Waals surface area (Å²) in [4.78, 5) is 0. The van der Waals surface area contributed by atoms with Crippen LogP contribution in [-0.2, 0) is 4.74 Å². The predicted molar refractivity (Wildman–Crippen MR) is 79.5 cm³/mol. The lowest BCUT2D eigenvalue weighted by Gasteiger charge is -2.47. The van der Waals surface area contributed by atoms with Gasteiger partial charge in [0.05, 0.1) is 13.2 Å². The zero-order valence-corrected chi connectivity index (χ0v) is 12.8. The van der Waals surface area contributed by atoms with E-state index in [0.717, 1.165) is 13.2 Å². The van der Waals surface area contributed by atoms with Crippen molar-refractivity contribution in [2.24, 2.45) is 11.1 Å². The fourth-order valence-corrected chi connectivity index (χ4v) is 3.20. The highest BCUT2D eigenvalue weighted by atomic mass is 16.5. The molecular formula is C16H26N2O. The van der Waals surface area contributed by atoms with Crippen LogP contribution in [0.2, 0.25) is 0 Å². The second-order valence-electron chi connectivity index (χ2n) is 5.96. The van der Waals surface area contributed by atoms with Gasteiger partial charge in [-0.2, -0.15) is 0 Å². The molecule has 0 radical (unpaired) electrons. The molecule has 1 aliphatic heterocycles.